The summed E-state index contributed by atoms with van der Waals surface area (Å²) in [6, 6.07) is 5.91. The van der Waals surface area contributed by atoms with Gasteiger partial charge < -0.3 is 9.64 Å². The highest BCUT2D eigenvalue weighted by Gasteiger charge is 2.15. The Bertz CT molecular complexity index is 448. The number of nitrogens with zero attached hydrogens (tertiary/aromatic N) is 1. The molecule has 0 saturated carbocycles. The first-order valence-corrected chi connectivity index (χ1v) is 6.35. The molecule has 0 radical (unpaired) electrons. The van der Waals surface area contributed by atoms with Gasteiger partial charge in [0.25, 0.3) is 0 Å². The molecule has 3 heteroatoms. The summed E-state index contributed by atoms with van der Waals surface area (Å²) in [5, 5.41) is 0. The molecule has 1 aliphatic rings. The second-order valence-electron chi connectivity index (χ2n) is 4.64. The highest BCUT2D eigenvalue weighted by atomic mass is 16.5. The molecular weight excluding hydrogens is 226 g/mol. The second-order valence-corrected chi connectivity index (χ2v) is 4.64. The third kappa shape index (κ3) is 2.92. The van der Waals surface area contributed by atoms with Crippen LogP contribution < -0.4 is 4.90 Å². The summed E-state index contributed by atoms with van der Waals surface area (Å²) in [6.45, 7) is 7.95. The predicted molar refractivity (Wildman–Crippen MR) is 73.1 cm³/mol. The topological polar surface area (TPSA) is 29.5 Å². The van der Waals surface area contributed by atoms with E-state index in [1.54, 1.807) is 6.08 Å². The lowest BCUT2D eigenvalue weighted by Crippen LogP contribution is -2.18. The Labute approximate surface area is 108 Å². The van der Waals surface area contributed by atoms with Gasteiger partial charge in [0.2, 0.25) is 0 Å². The Kier molecular flexibility index (Phi) is 4.03. The van der Waals surface area contributed by atoms with Crippen LogP contribution in [0.2, 0.25) is 0 Å². The maximum Gasteiger partial charge on any atom is 0.338 e. The van der Waals surface area contributed by atoms with Crippen molar-refractivity contribution in [2.24, 2.45) is 0 Å². The van der Waals surface area contributed by atoms with E-state index in [9.17, 15) is 4.79 Å². The number of hydrogen-bond donors (Lipinski definition) is 0. The lowest BCUT2D eigenvalue weighted by atomic mass is 10.1. The standard InChI is InChI=1S/C15H19NO2/c1-3-8-18-15(17)13-9-12(2)10-14(11-13)16-6-4-5-7-16/h3,9-11H,1,4-8H2,2H3. The molecule has 0 spiro atoms. The number of aryl methyl sites for hydroxylation is 1. The summed E-state index contributed by atoms with van der Waals surface area (Å²) >= 11 is 0. The summed E-state index contributed by atoms with van der Waals surface area (Å²) in [7, 11) is 0. The molecule has 3 nitrogen and oxygen atoms in total. The molecule has 1 saturated heterocycles. The minimum Gasteiger partial charge on any atom is -0.458 e. The number of anilines is 1. The number of hydrogen-bond acceptors (Lipinski definition) is 3. The third-order valence-corrected chi connectivity index (χ3v) is 3.10. The van der Waals surface area contributed by atoms with E-state index in [0.717, 1.165) is 24.3 Å². The number of carbonyl (C=O) groups excluding carboxylic acids is 1. The van der Waals surface area contributed by atoms with Gasteiger partial charge in [0.1, 0.15) is 6.61 Å². The van der Waals surface area contributed by atoms with Crippen molar-refractivity contribution in [3.05, 3.63) is 42.0 Å². The summed E-state index contributed by atoms with van der Waals surface area (Å²) in [6.07, 6.45) is 4.03. The van der Waals surface area contributed by atoms with E-state index in [1.165, 1.54) is 12.8 Å². The number of benzene rings is 1. The molecule has 0 aliphatic carbocycles. The quantitative estimate of drug-likeness (QED) is 0.603. The van der Waals surface area contributed by atoms with Gasteiger partial charge in [0.05, 0.1) is 5.56 Å². The fraction of sp³-hybridized carbons (Fsp3) is 0.400. The van der Waals surface area contributed by atoms with Crippen molar-refractivity contribution in [1.82, 2.24) is 0 Å². The van der Waals surface area contributed by atoms with Gasteiger partial charge in [-0.15, -0.1) is 0 Å². The van der Waals surface area contributed by atoms with Crippen molar-refractivity contribution < 1.29 is 9.53 Å². The molecule has 0 bridgehead atoms. The van der Waals surface area contributed by atoms with Crippen LogP contribution in [-0.2, 0) is 4.74 Å². The SMILES string of the molecule is C=CCOC(=O)c1cc(C)cc(N2CCCC2)c1. The first-order chi connectivity index (χ1) is 8.70. The van der Waals surface area contributed by atoms with E-state index < -0.39 is 0 Å². The number of ether oxygens (including phenoxy) is 1. The van der Waals surface area contributed by atoms with Crippen LogP contribution in [0.15, 0.2) is 30.9 Å². The Balaban J connectivity index is 2.20. The van der Waals surface area contributed by atoms with Crippen molar-refractivity contribution in [1.29, 1.82) is 0 Å². The minimum atomic E-state index is -0.279. The molecule has 0 unspecified atom stereocenters. The molecule has 18 heavy (non-hydrogen) atoms. The normalized spacial score (nSPS) is 14.6. The van der Waals surface area contributed by atoms with Crippen molar-refractivity contribution in [3.63, 3.8) is 0 Å². The van der Waals surface area contributed by atoms with Crippen molar-refractivity contribution in [3.8, 4) is 0 Å². The lowest BCUT2D eigenvalue weighted by Gasteiger charge is -2.19. The van der Waals surface area contributed by atoms with E-state index in [2.05, 4.69) is 17.5 Å². The first kappa shape index (κ1) is 12.7. The van der Waals surface area contributed by atoms with Crippen LogP contribution in [0, 0.1) is 6.92 Å². The molecule has 0 amide bonds. The monoisotopic (exact) mass is 245 g/mol. The fourth-order valence-electron chi connectivity index (χ4n) is 2.26. The van der Waals surface area contributed by atoms with Gasteiger partial charge in [-0.1, -0.05) is 12.7 Å². The predicted octanol–water partition coefficient (Wildman–Crippen LogP) is 2.94. The van der Waals surface area contributed by atoms with Gasteiger partial charge in [-0.05, 0) is 43.5 Å². The zero-order valence-corrected chi connectivity index (χ0v) is 10.8. The molecule has 1 heterocycles. The van der Waals surface area contributed by atoms with E-state index >= 15 is 0 Å². The van der Waals surface area contributed by atoms with E-state index in [-0.39, 0.29) is 12.6 Å². The van der Waals surface area contributed by atoms with Crippen LogP contribution in [0.25, 0.3) is 0 Å². The van der Waals surface area contributed by atoms with Gasteiger partial charge in [-0.3, -0.25) is 0 Å². The Morgan fingerprint density at radius 2 is 2.11 bits per heavy atom. The molecule has 1 aromatic rings. The van der Waals surface area contributed by atoms with Gasteiger partial charge in [0, 0.05) is 18.8 Å². The summed E-state index contributed by atoms with van der Waals surface area (Å²) < 4.78 is 5.07. The molecular formula is C15H19NO2. The third-order valence-electron chi connectivity index (χ3n) is 3.10. The summed E-state index contributed by atoms with van der Waals surface area (Å²) in [5.41, 5.74) is 2.83. The van der Waals surface area contributed by atoms with Gasteiger partial charge in [0.15, 0.2) is 0 Å². The number of esters is 1. The average Bonchev–Trinajstić information content (AvgIpc) is 2.89. The number of rotatable bonds is 4. The second kappa shape index (κ2) is 5.71. The van der Waals surface area contributed by atoms with E-state index in [1.807, 2.05) is 19.1 Å². The van der Waals surface area contributed by atoms with E-state index in [4.69, 9.17) is 4.74 Å². The Hall–Kier alpha value is -1.77. The van der Waals surface area contributed by atoms with Crippen LogP contribution >= 0.6 is 0 Å². The van der Waals surface area contributed by atoms with Crippen LogP contribution in [0.4, 0.5) is 5.69 Å². The average molecular weight is 245 g/mol. The smallest absolute Gasteiger partial charge is 0.338 e. The van der Waals surface area contributed by atoms with Crippen molar-refractivity contribution in [2.45, 2.75) is 19.8 Å². The van der Waals surface area contributed by atoms with Crippen LogP contribution in [0.1, 0.15) is 28.8 Å². The maximum atomic E-state index is 11.8. The molecule has 0 aromatic heterocycles. The highest BCUT2D eigenvalue weighted by Crippen LogP contribution is 2.23. The maximum absolute atomic E-state index is 11.8. The molecule has 96 valence electrons. The van der Waals surface area contributed by atoms with E-state index in [0.29, 0.717) is 5.56 Å². The molecule has 1 fully saturated rings. The summed E-state index contributed by atoms with van der Waals surface area (Å²) in [4.78, 5) is 14.2. The Morgan fingerprint density at radius 1 is 1.39 bits per heavy atom. The fourth-order valence-corrected chi connectivity index (χ4v) is 2.26. The zero-order valence-electron chi connectivity index (χ0n) is 10.8. The van der Waals surface area contributed by atoms with Gasteiger partial charge in [-0.25, -0.2) is 4.79 Å². The molecule has 0 N–H and O–H groups in total. The van der Waals surface area contributed by atoms with Gasteiger partial charge >= 0.3 is 5.97 Å². The highest BCUT2D eigenvalue weighted by molar-refractivity contribution is 5.91. The molecule has 1 aliphatic heterocycles. The number of carbonyl (C=O) groups is 1. The van der Waals surface area contributed by atoms with Gasteiger partial charge in [-0.2, -0.15) is 0 Å². The lowest BCUT2D eigenvalue weighted by molar-refractivity contribution is 0.0549. The molecule has 0 atom stereocenters. The van der Waals surface area contributed by atoms with Crippen LogP contribution in [0.5, 0.6) is 0 Å². The van der Waals surface area contributed by atoms with Crippen molar-refractivity contribution in [2.75, 3.05) is 24.6 Å². The first-order valence-electron chi connectivity index (χ1n) is 6.35. The van der Waals surface area contributed by atoms with Crippen molar-refractivity contribution >= 4 is 11.7 Å². The largest absolute Gasteiger partial charge is 0.458 e. The molecule has 2 rings (SSSR count). The van der Waals surface area contributed by atoms with Crippen LogP contribution in [0.3, 0.4) is 0 Å². The Morgan fingerprint density at radius 3 is 2.78 bits per heavy atom. The molecule has 1 aromatic carbocycles. The zero-order chi connectivity index (χ0) is 13.0. The minimum absolute atomic E-state index is 0.256. The summed E-state index contributed by atoms with van der Waals surface area (Å²) in [5.74, 6) is -0.279. The van der Waals surface area contributed by atoms with Crippen LogP contribution in [-0.4, -0.2) is 25.7 Å².